The maximum Gasteiger partial charge on any atom is 0.131 e. The molecule has 0 aromatic rings. The highest BCUT2D eigenvalue weighted by atomic mass is 19.2. The molecule has 3 rings (SSSR count). The van der Waals surface area contributed by atoms with Gasteiger partial charge in [0.25, 0.3) is 0 Å². The summed E-state index contributed by atoms with van der Waals surface area (Å²) in [5.74, 6) is 4.44. The van der Waals surface area contributed by atoms with Gasteiger partial charge in [-0.05, 0) is 74.5 Å². The van der Waals surface area contributed by atoms with Gasteiger partial charge in [0.05, 0.1) is 0 Å². The molecule has 0 radical (unpaired) electrons. The molecule has 0 aromatic heterocycles. The van der Waals surface area contributed by atoms with E-state index in [1.165, 1.54) is 70.6 Å². The van der Waals surface area contributed by atoms with Gasteiger partial charge in [-0.3, -0.25) is 0 Å². The van der Waals surface area contributed by atoms with E-state index in [-0.39, 0.29) is 0 Å². The lowest BCUT2D eigenvalue weighted by atomic mass is 9.69. The van der Waals surface area contributed by atoms with Gasteiger partial charge < -0.3 is 0 Å². The van der Waals surface area contributed by atoms with Crippen molar-refractivity contribution in [3.63, 3.8) is 0 Å². The van der Waals surface area contributed by atoms with Gasteiger partial charge in [-0.15, -0.1) is 0 Å². The molecule has 3 aliphatic carbocycles. The molecule has 25 heavy (non-hydrogen) atoms. The summed E-state index contributed by atoms with van der Waals surface area (Å²) in [5, 5.41) is 0. The molecule has 0 saturated heterocycles. The highest BCUT2D eigenvalue weighted by molar-refractivity contribution is 4.82. The summed E-state index contributed by atoms with van der Waals surface area (Å²) in [5.41, 5.74) is 0. The largest absolute Gasteiger partial charge is 0.244 e. The molecular formula is C23H40F2. The average Bonchev–Trinajstić information content (AvgIpc) is 2.63. The molecule has 0 spiro atoms. The zero-order chi connectivity index (χ0) is 17.6. The lowest BCUT2D eigenvalue weighted by Gasteiger charge is -2.37. The van der Waals surface area contributed by atoms with Crippen LogP contribution in [0.2, 0.25) is 0 Å². The summed E-state index contributed by atoms with van der Waals surface area (Å²) in [4.78, 5) is 0. The maximum absolute atomic E-state index is 13.5. The monoisotopic (exact) mass is 354 g/mol. The number of alkyl halides is 2. The molecule has 3 unspecified atom stereocenters. The molecule has 3 fully saturated rings. The second-order valence-electron chi connectivity index (χ2n) is 9.80. The van der Waals surface area contributed by atoms with Crippen LogP contribution in [0.1, 0.15) is 103 Å². The minimum Gasteiger partial charge on any atom is -0.244 e. The van der Waals surface area contributed by atoms with E-state index in [0.29, 0.717) is 18.8 Å². The number of halogens is 2. The summed E-state index contributed by atoms with van der Waals surface area (Å²) in [7, 11) is 0. The molecular weight excluding hydrogens is 314 g/mol. The molecule has 3 atom stereocenters. The lowest BCUT2D eigenvalue weighted by Crippen LogP contribution is -2.27. The fourth-order valence-corrected chi connectivity index (χ4v) is 5.99. The van der Waals surface area contributed by atoms with Crippen molar-refractivity contribution >= 4 is 0 Å². The zero-order valence-electron chi connectivity index (χ0n) is 16.4. The van der Waals surface area contributed by atoms with E-state index in [0.717, 1.165) is 36.5 Å². The van der Waals surface area contributed by atoms with Gasteiger partial charge in [0.2, 0.25) is 0 Å². The Kier molecular flexibility index (Phi) is 7.61. The topological polar surface area (TPSA) is 0 Å². The van der Waals surface area contributed by atoms with Gasteiger partial charge in [-0.25, -0.2) is 8.78 Å². The van der Waals surface area contributed by atoms with Crippen LogP contribution in [0.4, 0.5) is 8.78 Å². The Hall–Kier alpha value is -0.140. The van der Waals surface area contributed by atoms with Crippen molar-refractivity contribution in [2.24, 2.45) is 29.6 Å². The Labute approximate surface area is 154 Å². The smallest absolute Gasteiger partial charge is 0.131 e. The minimum atomic E-state index is -1.18. The Balaban J connectivity index is 1.25. The third-order valence-corrected chi connectivity index (χ3v) is 7.89. The van der Waals surface area contributed by atoms with Crippen LogP contribution >= 0.6 is 0 Å². The first kappa shape index (κ1) is 19.6. The van der Waals surface area contributed by atoms with Crippen molar-refractivity contribution in [2.45, 2.75) is 116 Å². The number of rotatable bonds is 6. The number of hydrogen-bond acceptors (Lipinski definition) is 0. The molecule has 0 N–H and O–H groups in total. The summed E-state index contributed by atoms with van der Waals surface area (Å²) in [6, 6.07) is 0. The van der Waals surface area contributed by atoms with Crippen LogP contribution in [0.25, 0.3) is 0 Å². The first-order chi connectivity index (χ1) is 12.1. The normalized spacial score (nSPS) is 43.1. The zero-order valence-corrected chi connectivity index (χ0v) is 16.4. The Morgan fingerprint density at radius 2 is 1.12 bits per heavy atom. The molecule has 3 saturated carbocycles. The fraction of sp³-hybridized carbons (Fsp3) is 1.00. The van der Waals surface area contributed by atoms with Gasteiger partial charge in [0.15, 0.2) is 0 Å². The first-order valence-electron chi connectivity index (χ1n) is 11.4. The van der Waals surface area contributed by atoms with E-state index in [1.807, 2.05) is 0 Å². The summed E-state index contributed by atoms with van der Waals surface area (Å²) in [6.45, 7) is 2.42. The highest BCUT2D eigenvalue weighted by Gasteiger charge is 2.31. The van der Waals surface area contributed by atoms with Crippen LogP contribution in [0.3, 0.4) is 0 Å². The molecule has 0 bridgehead atoms. The second-order valence-corrected chi connectivity index (χ2v) is 9.80. The molecule has 0 heterocycles. The van der Waals surface area contributed by atoms with Gasteiger partial charge in [0.1, 0.15) is 12.3 Å². The Morgan fingerprint density at radius 1 is 0.600 bits per heavy atom. The summed E-state index contributed by atoms with van der Waals surface area (Å²) >= 11 is 0. The van der Waals surface area contributed by atoms with Crippen molar-refractivity contribution in [1.29, 1.82) is 0 Å². The van der Waals surface area contributed by atoms with Gasteiger partial charge >= 0.3 is 0 Å². The molecule has 3 aliphatic rings. The van der Waals surface area contributed by atoms with Crippen LogP contribution in [-0.2, 0) is 0 Å². The molecule has 0 nitrogen and oxygen atoms in total. The molecule has 2 heteroatoms. The van der Waals surface area contributed by atoms with Crippen molar-refractivity contribution in [1.82, 2.24) is 0 Å². The van der Waals surface area contributed by atoms with Crippen molar-refractivity contribution in [3.8, 4) is 0 Å². The molecule has 146 valence electrons. The average molecular weight is 355 g/mol. The highest BCUT2D eigenvalue weighted by Crippen LogP contribution is 2.42. The summed E-state index contributed by atoms with van der Waals surface area (Å²) < 4.78 is 26.7. The quantitative estimate of drug-likeness (QED) is 0.429. The Bertz CT molecular complexity index is 366. The van der Waals surface area contributed by atoms with E-state index in [4.69, 9.17) is 0 Å². The minimum absolute atomic E-state index is 0.450. The number of hydrogen-bond donors (Lipinski definition) is 0. The fourth-order valence-electron chi connectivity index (χ4n) is 5.99. The van der Waals surface area contributed by atoms with Crippen LogP contribution in [0, 0.1) is 29.6 Å². The molecule has 0 aromatic carbocycles. The SMILES string of the molecule is CC1CCC(C2CCC(CCCCC3CCC(F)C(F)C3)CC2)CC1. The van der Waals surface area contributed by atoms with E-state index in [1.54, 1.807) is 0 Å². The summed E-state index contributed by atoms with van der Waals surface area (Å²) in [6.07, 6.45) is 16.3. The maximum atomic E-state index is 13.5. The van der Waals surface area contributed by atoms with E-state index in [2.05, 4.69) is 6.92 Å². The van der Waals surface area contributed by atoms with Gasteiger partial charge in [-0.1, -0.05) is 58.3 Å². The van der Waals surface area contributed by atoms with Crippen molar-refractivity contribution in [3.05, 3.63) is 0 Å². The van der Waals surface area contributed by atoms with Crippen molar-refractivity contribution < 1.29 is 8.78 Å². The van der Waals surface area contributed by atoms with Crippen LogP contribution in [-0.4, -0.2) is 12.3 Å². The van der Waals surface area contributed by atoms with Crippen LogP contribution in [0.15, 0.2) is 0 Å². The van der Waals surface area contributed by atoms with E-state index >= 15 is 0 Å². The van der Waals surface area contributed by atoms with Crippen LogP contribution < -0.4 is 0 Å². The second kappa shape index (κ2) is 9.70. The standard InChI is InChI=1S/C23H40F2/c1-17-6-11-20(12-7-17)21-13-8-18(9-14-21)4-2-3-5-19-10-15-22(24)23(25)16-19/h17-23H,2-16H2,1H3. The van der Waals surface area contributed by atoms with Crippen molar-refractivity contribution in [2.75, 3.05) is 0 Å². The predicted octanol–water partition coefficient (Wildman–Crippen LogP) is 7.66. The van der Waals surface area contributed by atoms with Crippen LogP contribution in [0.5, 0.6) is 0 Å². The van der Waals surface area contributed by atoms with Gasteiger partial charge in [0, 0.05) is 0 Å². The third kappa shape index (κ3) is 5.93. The Morgan fingerprint density at radius 3 is 1.72 bits per heavy atom. The predicted molar refractivity (Wildman–Crippen MR) is 102 cm³/mol. The number of unbranched alkanes of at least 4 members (excludes halogenated alkanes) is 1. The molecule has 0 amide bonds. The first-order valence-corrected chi connectivity index (χ1v) is 11.4. The van der Waals surface area contributed by atoms with Gasteiger partial charge in [-0.2, -0.15) is 0 Å². The van der Waals surface area contributed by atoms with E-state index < -0.39 is 12.3 Å². The molecule has 0 aliphatic heterocycles. The lowest BCUT2D eigenvalue weighted by molar-refractivity contribution is 0.0856. The van der Waals surface area contributed by atoms with E-state index in [9.17, 15) is 8.78 Å². The third-order valence-electron chi connectivity index (χ3n) is 7.89.